The lowest BCUT2D eigenvalue weighted by atomic mass is 9.89. The first-order valence-corrected chi connectivity index (χ1v) is 13.0. The minimum atomic E-state index is 0.275. The smallest absolute Gasteiger partial charge is 0.146 e. The Bertz CT molecular complexity index is 1310. The fraction of sp³-hybridized carbons (Fsp3) is 0.379. The van der Waals surface area contributed by atoms with Gasteiger partial charge in [-0.25, -0.2) is 9.97 Å². The third kappa shape index (κ3) is 4.33. The van der Waals surface area contributed by atoms with E-state index in [4.69, 9.17) is 10.5 Å². The van der Waals surface area contributed by atoms with Crippen LogP contribution in [0.2, 0.25) is 0 Å². The lowest BCUT2D eigenvalue weighted by molar-refractivity contribution is 0.0891. The van der Waals surface area contributed by atoms with Crippen molar-refractivity contribution in [3.05, 3.63) is 67.1 Å². The molecule has 6 rings (SSSR count). The number of aliphatic hydroxyl groups is 1. The Labute approximate surface area is 211 Å². The Balaban J connectivity index is 1.25. The van der Waals surface area contributed by atoms with Crippen LogP contribution in [0.15, 0.2) is 67.1 Å². The van der Waals surface area contributed by atoms with Crippen LogP contribution in [0.3, 0.4) is 0 Å². The number of rotatable bonds is 6. The minimum absolute atomic E-state index is 0.275. The van der Waals surface area contributed by atoms with Crippen LogP contribution in [0.5, 0.6) is 11.5 Å². The lowest BCUT2D eigenvalue weighted by Crippen LogP contribution is -2.42. The summed E-state index contributed by atoms with van der Waals surface area (Å²) in [5.41, 5.74) is 9.41. The molecule has 1 aliphatic heterocycles. The van der Waals surface area contributed by atoms with Gasteiger partial charge in [-0.15, -0.1) is 0 Å². The highest BCUT2D eigenvalue weighted by Crippen LogP contribution is 2.40. The zero-order chi connectivity index (χ0) is 24.5. The van der Waals surface area contributed by atoms with Gasteiger partial charge in [0.15, 0.2) is 0 Å². The monoisotopic (exact) mass is 483 g/mol. The maximum absolute atomic E-state index is 9.76. The lowest BCUT2D eigenvalue weighted by Gasteiger charge is -2.38. The summed E-state index contributed by atoms with van der Waals surface area (Å²) in [6, 6.07) is 19.2. The molecule has 1 atom stereocenters. The van der Waals surface area contributed by atoms with Gasteiger partial charge in [0.2, 0.25) is 0 Å². The van der Waals surface area contributed by atoms with Gasteiger partial charge < -0.3 is 20.1 Å². The molecule has 2 aromatic carbocycles. The van der Waals surface area contributed by atoms with Crippen LogP contribution in [0.1, 0.15) is 44.6 Å². The number of hydrogen-bond acceptors (Lipinski definition) is 6. The van der Waals surface area contributed by atoms with Gasteiger partial charge >= 0.3 is 0 Å². The van der Waals surface area contributed by atoms with Crippen molar-refractivity contribution in [2.24, 2.45) is 0 Å². The van der Waals surface area contributed by atoms with E-state index < -0.39 is 0 Å². The first-order valence-electron chi connectivity index (χ1n) is 13.0. The maximum atomic E-state index is 9.76. The normalized spacial score (nSPS) is 22.8. The summed E-state index contributed by atoms with van der Waals surface area (Å²) < 4.78 is 8.29. The molecule has 2 aliphatic rings. The molecule has 1 saturated heterocycles. The van der Waals surface area contributed by atoms with Crippen molar-refractivity contribution in [2.45, 2.75) is 56.7 Å². The Morgan fingerprint density at radius 2 is 1.61 bits per heavy atom. The van der Waals surface area contributed by atoms with Gasteiger partial charge in [-0.2, -0.15) is 0 Å². The quantitative estimate of drug-likeness (QED) is 0.381. The third-order valence-corrected chi connectivity index (χ3v) is 7.94. The van der Waals surface area contributed by atoms with Crippen molar-refractivity contribution in [1.82, 2.24) is 19.4 Å². The molecule has 0 radical (unpaired) electrons. The fourth-order valence-corrected chi connectivity index (χ4v) is 6.14. The molecule has 2 aromatic heterocycles. The zero-order valence-corrected chi connectivity index (χ0v) is 20.5. The van der Waals surface area contributed by atoms with Crippen LogP contribution in [0.4, 0.5) is 5.82 Å². The largest absolute Gasteiger partial charge is 0.457 e. The van der Waals surface area contributed by atoms with E-state index in [1.165, 1.54) is 6.42 Å². The average molecular weight is 484 g/mol. The minimum Gasteiger partial charge on any atom is -0.457 e. The number of para-hydroxylation sites is 1. The fourth-order valence-electron chi connectivity index (χ4n) is 6.14. The number of aliphatic hydroxyl groups excluding tert-OH is 1. The van der Waals surface area contributed by atoms with Crippen molar-refractivity contribution in [2.75, 3.05) is 18.9 Å². The molecule has 2 fully saturated rings. The molecule has 36 heavy (non-hydrogen) atoms. The third-order valence-electron chi connectivity index (χ3n) is 7.94. The summed E-state index contributed by atoms with van der Waals surface area (Å²) in [5.74, 6) is 2.11. The highest BCUT2D eigenvalue weighted by atomic mass is 16.5. The van der Waals surface area contributed by atoms with Crippen molar-refractivity contribution in [3.8, 4) is 22.6 Å². The molecule has 1 saturated carbocycles. The van der Waals surface area contributed by atoms with E-state index in [1.807, 2.05) is 42.5 Å². The standard InChI is InChI=1S/C29H33N5O2/c30-28-27-26(20-8-14-25(15-9-20)36-24-6-2-1-3-7-24)17-34(29(27)32-19-31-28)22-12-10-21(11-13-22)33-16-4-5-23(33)18-35/h1-3,6-9,14-15,17,19,21-23,35H,4-5,10-13,16,18H2,(H2,30,31,32)/t21?,22?,23-/m0/s1. The molecule has 186 valence electrons. The van der Waals surface area contributed by atoms with Crippen LogP contribution in [0, 0.1) is 0 Å². The molecule has 0 unspecified atom stereocenters. The number of fused-ring (bicyclic) bond motifs is 1. The SMILES string of the molecule is Nc1ncnc2c1c(-c1ccc(Oc3ccccc3)cc1)cn2C1CCC(N2CCC[C@H]2CO)CC1. The number of hydrogen-bond donors (Lipinski definition) is 2. The second-order valence-corrected chi connectivity index (χ2v) is 10.0. The number of likely N-dealkylation sites (tertiary alicyclic amines) is 1. The average Bonchev–Trinajstić information content (AvgIpc) is 3.56. The van der Waals surface area contributed by atoms with Gasteiger partial charge in [0.25, 0.3) is 0 Å². The first kappa shape index (κ1) is 23.0. The molecular formula is C29H33N5O2. The van der Waals surface area contributed by atoms with Crippen molar-refractivity contribution in [1.29, 1.82) is 0 Å². The number of nitrogen functional groups attached to an aromatic ring is 1. The number of aromatic nitrogens is 3. The Kier molecular flexibility index (Phi) is 6.34. The second kappa shape index (κ2) is 9.91. The summed E-state index contributed by atoms with van der Waals surface area (Å²) >= 11 is 0. The van der Waals surface area contributed by atoms with Gasteiger partial charge in [0, 0.05) is 29.9 Å². The maximum Gasteiger partial charge on any atom is 0.146 e. The van der Waals surface area contributed by atoms with Crippen molar-refractivity contribution >= 4 is 16.9 Å². The molecule has 1 aliphatic carbocycles. The van der Waals surface area contributed by atoms with Crippen LogP contribution in [0.25, 0.3) is 22.2 Å². The molecule has 7 nitrogen and oxygen atoms in total. The first-order chi connectivity index (χ1) is 17.7. The van der Waals surface area contributed by atoms with E-state index in [0.717, 1.165) is 72.3 Å². The topological polar surface area (TPSA) is 89.4 Å². The number of nitrogens with zero attached hydrogens (tertiary/aromatic N) is 4. The van der Waals surface area contributed by atoms with E-state index in [2.05, 4.69) is 37.8 Å². The molecular weight excluding hydrogens is 450 g/mol. The summed E-state index contributed by atoms with van der Waals surface area (Å²) in [4.78, 5) is 11.5. The highest BCUT2D eigenvalue weighted by molar-refractivity contribution is 6.00. The van der Waals surface area contributed by atoms with Gasteiger partial charge in [0.05, 0.1) is 12.0 Å². The molecule has 4 aromatic rings. The Morgan fingerprint density at radius 3 is 2.36 bits per heavy atom. The predicted molar refractivity (Wildman–Crippen MR) is 142 cm³/mol. The van der Waals surface area contributed by atoms with E-state index in [1.54, 1.807) is 6.33 Å². The molecule has 7 heteroatoms. The number of ether oxygens (including phenoxy) is 1. The molecule has 0 bridgehead atoms. The van der Waals surface area contributed by atoms with E-state index >= 15 is 0 Å². The summed E-state index contributed by atoms with van der Waals surface area (Å²) in [6.07, 6.45) is 10.6. The van der Waals surface area contributed by atoms with E-state index in [-0.39, 0.29) is 6.61 Å². The second-order valence-electron chi connectivity index (χ2n) is 10.0. The van der Waals surface area contributed by atoms with Crippen molar-refractivity contribution in [3.63, 3.8) is 0 Å². The zero-order valence-electron chi connectivity index (χ0n) is 20.5. The van der Waals surface area contributed by atoms with Crippen LogP contribution in [-0.2, 0) is 0 Å². The number of anilines is 1. The van der Waals surface area contributed by atoms with Crippen LogP contribution >= 0.6 is 0 Å². The Hall–Kier alpha value is -3.42. The molecule has 0 spiro atoms. The highest BCUT2D eigenvalue weighted by Gasteiger charge is 2.34. The molecule has 3 N–H and O–H groups in total. The summed E-state index contributed by atoms with van der Waals surface area (Å²) in [7, 11) is 0. The van der Waals surface area contributed by atoms with Gasteiger partial charge in [-0.3, -0.25) is 4.90 Å². The Morgan fingerprint density at radius 1 is 0.889 bits per heavy atom. The van der Waals surface area contributed by atoms with E-state index in [9.17, 15) is 5.11 Å². The van der Waals surface area contributed by atoms with E-state index in [0.29, 0.717) is 23.9 Å². The van der Waals surface area contributed by atoms with Gasteiger partial charge in [-0.05, 0) is 74.9 Å². The summed E-state index contributed by atoms with van der Waals surface area (Å²) in [6.45, 7) is 1.39. The number of benzene rings is 2. The predicted octanol–water partition coefficient (Wildman–Crippen LogP) is 5.41. The van der Waals surface area contributed by atoms with Crippen molar-refractivity contribution < 1.29 is 9.84 Å². The van der Waals surface area contributed by atoms with Gasteiger partial charge in [0.1, 0.15) is 29.3 Å². The van der Waals surface area contributed by atoms with Gasteiger partial charge in [-0.1, -0.05) is 30.3 Å². The van der Waals surface area contributed by atoms with Crippen LogP contribution < -0.4 is 10.5 Å². The molecule has 3 heterocycles. The molecule has 0 amide bonds. The summed E-state index contributed by atoms with van der Waals surface area (Å²) in [5, 5.41) is 10.7. The van der Waals surface area contributed by atoms with Crippen LogP contribution in [-0.4, -0.2) is 49.8 Å². The number of nitrogens with two attached hydrogens (primary N) is 1.